The molecular formula is C17H23NO2. The van der Waals surface area contributed by atoms with Gasteiger partial charge in [-0.15, -0.1) is 0 Å². The number of nitrogens with zero attached hydrogens (tertiary/aromatic N) is 1. The monoisotopic (exact) mass is 273 g/mol. The van der Waals surface area contributed by atoms with E-state index >= 15 is 0 Å². The molecule has 3 nitrogen and oxygen atoms in total. The Hall–Kier alpha value is -1.35. The maximum absolute atomic E-state index is 12.3. The van der Waals surface area contributed by atoms with Gasteiger partial charge in [-0.2, -0.15) is 0 Å². The summed E-state index contributed by atoms with van der Waals surface area (Å²) in [6.45, 7) is 4.57. The van der Waals surface area contributed by atoms with Gasteiger partial charge in [-0.1, -0.05) is 30.3 Å². The summed E-state index contributed by atoms with van der Waals surface area (Å²) in [5.74, 6) is 0.465. The molecule has 0 aromatic heterocycles. The van der Waals surface area contributed by atoms with Gasteiger partial charge in [0.25, 0.3) is 0 Å². The Bertz CT molecular complexity index is 473. The Kier molecular flexibility index (Phi) is 3.79. The van der Waals surface area contributed by atoms with Crippen LogP contribution in [0.2, 0.25) is 0 Å². The number of hydrogen-bond donors (Lipinski definition) is 0. The van der Waals surface area contributed by atoms with Crippen LogP contribution in [0.1, 0.15) is 44.7 Å². The van der Waals surface area contributed by atoms with E-state index in [1.807, 2.05) is 13.0 Å². The van der Waals surface area contributed by atoms with E-state index < -0.39 is 0 Å². The van der Waals surface area contributed by atoms with Gasteiger partial charge in [-0.25, -0.2) is 0 Å². The maximum atomic E-state index is 12.3. The molecule has 1 saturated heterocycles. The lowest BCUT2D eigenvalue weighted by Crippen LogP contribution is -2.47. The number of likely N-dealkylation sites (tertiary alicyclic amines) is 1. The number of fused-ring (bicyclic) bond motifs is 2. The smallest absolute Gasteiger partial charge is 0.323 e. The van der Waals surface area contributed by atoms with E-state index in [4.69, 9.17) is 4.74 Å². The summed E-state index contributed by atoms with van der Waals surface area (Å²) >= 11 is 0. The summed E-state index contributed by atoms with van der Waals surface area (Å²) in [4.78, 5) is 14.7. The Morgan fingerprint density at radius 3 is 2.80 bits per heavy atom. The van der Waals surface area contributed by atoms with Gasteiger partial charge >= 0.3 is 5.97 Å². The minimum Gasteiger partial charge on any atom is -0.465 e. The van der Waals surface area contributed by atoms with Gasteiger partial charge in [-0.3, -0.25) is 9.69 Å². The zero-order chi connectivity index (χ0) is 14.1. The highest BCUT2D eigenvalue weighted by molar-refractivity contribution is 5.77. The molecule has 1 aromatic rings. The number of esters is 1. The molecule has 3 rings (SSSR count). The van der Waals surface area contributed by atoms with Crippen LogP contribution in [0.15, 0.2) is 30.3 Å². The maximum Gasteiger partial charge on any atom is 0.323 e. The van der Waals surface area contributed by atoms with Crippen molar-refractivity contribution in [3.8, 4) is 0 Å². The van der Waals surface area contributed by atoms with E-state index in [2.05, 4.69) is 36.1 Å². The molecule has 0 spiro atoms. The van der Waals surface area contributed by atoms with Crippen molar-refractivity contribution in [1.29, 1.82) is 0 Å². The molecule has 108 valence electrons. The highest BCUT2D eigenvalue weighted by Gasteiger charge is 2.51. The normalized spacial score (nSPS) is 30.4. The number of ether oxygens (including phenoxy) is 1. The van der Waals surface area contributed by atoms with Gasteiger partial charge in [-0.05, 0) is 44.6 Å². The van der Waals surface area contributed by atoms with Crippen LogP contribution in [-0.2, 0) is 9.53 Å². The van der Waals surface area contributed by atoms with Crippen LogP contribution < -0.4 is 0 Å². The van der Waals surface area contributed by atoms with Crippen molar-refractivity contribution in [3.05, 3.63) is 35.9 Å². The lowest BCUT2D eigenvalue weighted by molar-refractivity contribution is -0.152. The lowest BCUT2D eigenvalue weighted by Gasteiger charge is -2.38. The highest BCUT2D eigenvalue weighted by atomic mass is 16.5. The van der Waals surface area contributed by atoms with Crippen LogP contribution in [0.5, 0.6) is 0 Å². The summed E-state index contributed by atoms with van der Waals surface area (Å²) in [5.41, 5.74) is 1.29. The van der Waals surface area contributed by atoms with Gasteiger partial charge in [0.1, 0.15) is 6.04 Å². The van der Waals surface area contributed by atoms with Crippen LogP contribution in [0, 0.1) is 5.92 Å². The number of hydrogen-bond acceptors (Lipinski definition) is 3. The van der Waals surface area contributed by atoms with Gasteiger partial charge in [0.2, 0.25) is 0 Å². The molecule has 0 amide bonds. The summed E-state index contributed by atoms with van der Waals surface area (Å²) in [7, 11) is 0. The van der Waals surface area contributed by atoms with E-state index in [0.717, 1.165) is 6.42 Å². The first kappa shape index (κ1) is 13.6. The van der Waals surface area contributed by atoms with Gasteiger partial charge < -0.3 is 4.74 Å². The Labute approximate surface area is 120 Å². The number of benzene rings is 1. The third-order valence-corrected chi connectivity index (χ3v) is 4.89. The predicted octanol–water partition coefficient (Wildman–Crippen LogP) is 3.16. The fourth-order valence-electron chi connectivity index (χ4n) is 4.02. The number of rotatable bonds is 4. The molecule has 1 aliphatic carbocycles. The Balaban J connectivity index is 1.84. The van der Waals surface area contributed by atoms with Crippen molar-refractivity contribution in [2.45, 2.75) is 51.2 Å². The van der Waals surface area contributed by atoms with Crippen molar-refractivity contribution in [3.63, 3.8) is 0 Å². The molecule has 1 aliphatic heterocycles. The summed E-state index contributed by atoms with van der Waals surface area (Å²) in [6, 6.07) is 11.3. The summed E-state index contributed by atoms with van der Waals surface area (Å²) < 4.78 is 5.31. The number of carbonyl (C=O) groups excluding carboxylic acids is 1. The van der Waals surface area contributed by atoms with E-state index in [0.29, 0.717) is 18.6 Å². The van der Waals surface area contributed by atoms with Crippen LogP contribution >= 0.6 is 0 Å². The van der Waals surface area contributed by atoms with Crippen LogP contribution in [0.3, 0.4) is 0 Å². The average molecular weight is 273 g/mol. The average Bonchev–Trinajstić information content (AvgIpc) is 3.08. The molecule has 3 unspecified atom stereocenters. The third kappa shape index (κ3) is 2.24. The van der Waals surface area contributed by atoms with E-state index in [1.54, 1.807) is 0 Å². The molecule has 0 radical (unpaired) electrons. The van der Waals surface area contributed by atoms with Crippen molar-refractivity contribution < 1.29 is 9.53 Å². The molecule has 1 aromatic carbocycles. The molecule has 4 atom stereocenters. The fraction of sp³-hybridized carbons (Fsp3) is 0.588. The van der Waals surface area contributed by atoms with Crippen molar-refractivity contribution >= 4 is 5.97 Å². The van der Waals surface area contributed by atoms with Crippen LogP contribution in [0.4, 0.5) is 0 Å². The minimum absolute atomic E-state index is 0.0255. The fourth-order valence-corrected chi connectivity index (χ4v) is 4.02. The summed E-state index contributed by atoms with van der Waals surface area (Å²) in [5, 5.41) is 0. The molecule has 20 heavy (non-hydrogen) atoms. The van der Waals surface area contributed by atoms with Crippen LogP contribution in [-0.4, -0.2) is 29.6 Å². The van der Waals surface area contributed by atoms with Crippen molar-refractivity contribution in [2.75, 3.05) is 6.61 Å². The lowest BCUT2D eigenvalue weighted by atomic mass is 9.96. The molecular weight excluding hydrogens is 250 g/mol. The highest BCUT2D eigenvalue weighted by Crippen LogP contribution is 2.46. The second-order valence-corrected chi connectivity index (χ2v) is 5.96. The molecule has 0 N–H and O–H groups in total. The van der Waals surface area contributed by atoms with Gasteiger partial charge in [0.15, 0.2) is 0 Å². The first-order valence-electron chi connectivity index (χ1n) is 7.71. The SMILES string of the molecule is CCOC(=O)C1C2CCC(C2)N1[C@H](C)c1ccccc1. The predicted molar refractivity (Wildman–Crippen MR) is 78.2 cm³/mol. The second-order valence-electron chi connectivity index (χ2n) is 5.96. The Morgan fingerprint density at radius 2 is 2.10 bits per heavy atom. The summed E-state index contributed by atoms with van der Waals surface area (Å²) in [6.07, 6.45) is 3.55. The zero-order valence-corrected chi connectivity index (χ0v) is 12.3. The van der Waals surface area contributed by atoms with Crippen LogP contribution in [0.25, 0.3) is 0 Å². The molecule has 3 heteroatoms. The topological polar surface area (TPSA) is 29.5 Å². The molecule has 2 bridgehead atoms. The number of carbonyl (C=O) groups is 1. The van der Waals surface area contributed by atoms with E-state index in [1.165, 1.54) is 18.4 Å². The third-order valence-electron chi connectivity index (χ3n) is 4.89. The van der Waals surface area contributed by atoms with E-state index in [9.17, 15) is 4.79 Å². The van der Waals surface area contributed by atoms with Crippen molar-refractivity contribution in [1.82, 2.24) is 4.90 Å². The first-order valence-corrected chi connectivity index (χ1v) is 7.71. The van der Waals surface area contributed by atoms with E-state index in [-0.39, 0.29) is 18.1 Å². The number of piperidine rings is 1. The molecule has 2 fully saturated rings. The largest absolute Gasteiger partial charge is 0.465 e. The Morgan fingerprint density at radius 1 is 1.35 bits per heavy atom. The second kappa shape index (κ2) is 5.57. The van der Waals surface area contributed by atoms with Gasteiger partial charge in [0.05, 0.1) is 6.61 Å². The minimum atomic E-state index is -0.0380. The molecule has 1 saturated carbocycles. The quantitative estimate of drug-likeness (QED) is 0.789. The first-order chi connectivity index (χ1) is 9.72. The molecule has 2 aliphatic rings. The molecule has 1 heterocycles. The van der Waals surface area contributed by atoms with Crippen molar-refractivity contribution in [2.24, 2.45) is 5.92 Å². The van der Waals surface area contributed by atoms with Gasteiger partial charge in [0, 0.05) is 12.1 Å². The zero-order valence-electron chi connectivity index (χ0n) is 12.3. The standard InChI is InChI=1S/C17H23NO2/c1-3-20-17(19)16-14-9-10-15(11-14)18(16)12(2)13-7-5-4-6-8-13/h4-8,12,14-16H,3,9-11H2,1-2H3/t12-,14?,15?,16?/m1/s1.